The van der Waals surface area contributed by atoms with Crippen molar-refractivity contribution in [3.63, 3.8) is 0 Å². The van der Waals surface area contributed by atoms with Crippen LogP contribution < -0.4 is 16.0 Å². The van der Waals surface area contributed by atoms with Crippen LogP contribution in [0.1, 0.15) is 19.4 Å². The zero-order valence-corrected chi connectivity index (χ0v) is 17.1. The minimum atomic E-state index is -0.861. The molecule has 1 aromatic carbocycles. The standard InChI is InChI=1S/C19H24N4O4S/c1-11(2)28-19-20-16-15(17(25)21-18(26)22(16)4)23(19)9-13(24)10-27-14-8-6-5-7-12(14)3/h5-8,11,13,24H,9-10H2,1-4H3,(H,21,25,26)/t13-/m0/s1. The fraction of sp³-hybridized carbons (Fsp3) is 0.421. The number of aliphatic hydroxyl groups excluding tert-OH is 1. The number of thioether (sulfide) groups is 1. The van der Waals surface area contributed by atoms with Gasteiger partial charge in [0.25, 0.3) is 5.56 Å². The summed E-state index contributed by atoms with van der Waals surface area (Å²) in [6.45, 7) is 6.14. The van der Waals surface area contributed by atoms with E-state index < -0.39 is 17.4 Å². The average Bonchev–Trinajstić information content (AvgIpc) is 2.97. The second kappa shape index (κ2) is 8.24. The Hall–Kier alpha value is -2.52. The molecule has 1 atom stereocenters. The molecular weight excluding hydrogens is 380 g/mol. The van der Waals surface area contributed by atoms with Gasteiger partial charge in [-0.1, -0.05) is 43.8 Å². The molecule has 2 N–H and O–H groups in total. The Morgan fingerprint density at radius 1 is 1.29 bits per heavy atom. The number of imidazole rings is 1. The number of aliphatic hydroxyl groups is 1. The Morgan fingerprint density at radius 3 is 2.68 bits per heavy atom. The molecule has 2 heterocycles. The Morgan fingerprint density at radius 2 is 2.00 bits per heavy atom. The van der Waals surface area contributed by atoms with Gasteiger partial charge in [-0.05, 0) is 18.6 Å². The van der Waals surface area contributed by atoms with Gasteiger partial charge in [0.2, 0.25) is 0 Å². The van der Waals surface area contributed by atoms with Gasteiger partial charge in [-0.15, -0.1) is 0 Å². The molecule has 0 aliphatic rings. The molecular formula is C19H24N4O4S. The van der Waals surface area contributed by atoms with Crippen LogP contribution in [-0.2, 0) is 13.6 Å². The smallest absolute Gasteiger partial charge is 0.329 e. The van der Waals surface area contributed by atoms with E-state index in [-0.39, 0.29) is 23.9 Å². The van der Waals surface area contributed by atoms with E-state index in [1.54, 1.807) is 11.6 Å². The Balaban J connectivity index is 1.92. The van der Waals surface area contributed by atoms with E-state index in [0.29, 0.717) is 16.6 Å². The predicted octanol–water partition coefficient (Wildman–Crippen LogP) is 1.67. The summed E-state index contributed by atoms with van der Waals surface area (Å²) in [7, 11) is 1.56. The number of hydrogen-bond donors (Lipinski definition) is 2. The van der Waals surface area contributed by atoms with Crippen molar-refractivity contribution >= 4 is 22.9 Å². The fourth-order valence-electron chi connectivity index (χ4n) is 2.85. The van der Waals surface area contributed by atoms with Crippen LogP contribution in [0.2, 0.25) is 0 Å². The lowest BCUT2D eigenvalue weighted by Crippen LogP contribution is -2.30. The summed E-state index contributed by atoms with van der Waals surface area (Å²) in [4.78, 5) is 31.1. The number of H-pyrrole nitrogens is 1. The van der Waals surface area contributed by atoms with E-state index in [1.165, 1.54) is 16.3 Å². The third-order valence-corrected chi connectivity index (χ3v) is 5.23. The Labute approximate surface area is 166 Å². The Kier molecular flexibility index (Phi) is 5.95. The average molecular weight is 404 g/mol. The second-order valence-corrected chi connectivity index (χ2v) is 8.44. The molecule has 0 bridgehead atoms. The quantitative estimate of drug-likeness (QED) is 0.581. The number of hydrogen-bond acceptors (Lipinski definition) is 6. The monoisotopic (exact) mass is 404 g/mol. The fourth-order valence-corrected chi connectivity index (χ4v) is 3.71. The normalized spacial score (nSPS) is 12.6. The van der Waals surface area contributed by atoms with Gasteiger partial charge in [-0.2, -0.15) is 0 Å². The number of para-hydroxylation sites is 1. The highest BCUT2D eigenvalue weighted by atomic mass is 32.2. The molecule has 0 unspecified atom stereocenters. The Bertz CT molecular complexity index is 1100. The van der Waals surface area contributed by atoms with Crippen LogP contribution in [0.5, 0.6) is 5.75 Å². The first-order valence-electron chi connectivity index (χ1n) is 9.00. The lowest BCUT2D eigenvalue weighted by Gasteiger charge is -2.16. The lowest BCUT2D eigenvalue weighted by atomic mass is 10.2. The molecule has 0 saturated carbocycles. The third kappa shape index (κ3) is 4.15. The predicted molar refractivity (Wildman–Crippen MR) is 109 cm³/mol. The summed E-state index contributed by atoms with van der Waals surface area (Å²) in [5.74, 6) is 0.703. The number of aromatic nitrogens is 4. The molecule has 0 amide bonds. The van der Waals surface area contributed by atoms with Crippen molar-refractivity contribution in [2.45, 2.75) is 43.8 Å². The highest BCUT2D eigenvalue weighted by molar-refractivity contribution is 7.99. The molecule has 0 aliphatic carbocycles. The van der Waals surface area contributed by atoms with Crippen molar-refractivity contribution in [3.8, 4) is 5.75 Å². The van der Waals surface area contributed by atoms with Crippen LogP contribution in [0.15, 0.2) is 39.0 Å². The first-order valence-corrected chi connectivity index (χ1v) is 9.88. The van der Waals surface area contributed by atoms with Crippen molar-refractivity contribution in [1.29, 1.82) is 0 Å². The summed E-state index contributed by atoms with van der Waals surface area (Å²) in [6, 6.07) is 7.56. The number of rotatable bonds is 7. The molecule has 0 spiro atoms. The minimum absolute atomic E-state index is 0.0694. The molecule has 0 aliphatic heterocycles. The molecule has 150 valence electrons. The largest absolute Gasteiger partial charge is 0.491 e. The van der Waals surface area contributed by atoms with Crippen LogP contribution in [0.25, 0.3) is 11.2 Å². The van der Waals surface area contributed by atoms with Gasteiger partial charge < -0.3 is 14.4 Å². The van der Waals surface area contributed by atoms with Gasteiger partial charge in [0.05, 0.1) is 6.54 Å². The number of nitrogens with one attached hydrogen (secondary N) is 1. The van der Waals surface area contributed by atoms with Crippen molar-refractivity contribution in [2.24, 2.45) is 7.05 Å². The van der Waals surface area contributed by atoms with Crippen LogP contribution in [0.4, 0.5) is 0 Å². The van der Waals surface area contributed by atoms with Crippen molar-refractivity contribution < 1.29 is 9.84 Å². The highest BCUT2D eigenvalue weighted by Crippen LogP contribution is 2.25. The van der Waals surface area contributed by atoms with E-state index in [4.69, 9.17) is 4.74 Å². The zero-order chi connectivity index (χ0) is 20.4. The number of nitrogens with zero attached hydrogens (tertiary/aromatic N) is 3. The van der Waals surface area contributed by atoms with Gasteiger partial charge in [0.15, 0.2) is 16.3 Å². The van der Waals surface area contributed by atoms with Crippen LogP contribution in [0, 0.1) is 6.92 Å². The maximum Gasteiger partial charge on any atom is 0.329 e. The van der Waals surface area contributed by atoms with Crippen molar-refractivity contribution in [3.05, 3.63) is 50.7 Å². The molecule has 0 saturated heterocycles. The molecule has 8 nitrogen and oxygen atoms in total. The van der Waals surface area contributed by atoms with Gasteiger partial charge >= 0.3 is 5.69 Å². The first-order chi connectivity index (χ1) is 13.3. The number of benzene rings is 1. The zero-order valence-electron chi connectivity index (χ0n) is 16.3. The summed E-state index contributed by atoms with van der Waals surface area (Å²) < 4.78 is 8.68. The SMILES string of the molecule is Cc1ccccc1OC[C@@H](O)Cn1c(SC(C)C)nc2c1c(=O)[nH]c(=O)n2C. The number of fused-ring (bicyclic) bond motifs is 1. The summed E-state index contributed by atoms with van der Waals surface area (Å²) in [6.07, 6.45) is -0.861. The van der Waals surface area contributed by atoms with Crippen LogP contribution in [-0.4, -0.2) is 42.2 Å². The summed E-state index contributed by atoms with van der Waals surface area (Å²) in [5.41, 5.74) is 0.495. The maximum absolute atomic E-state index is 12.4. The maximum atomic E-state index is 12.4. The molecule has 0 radical (unpaired) electrons. The summed E-state index contributed by atoms with van der Waals surface area (Å²) >= 11 is 1.46. The van der Waals surface area contributed by atoms with Gasteiger partial charge in [0, 0.05) is 12.3 Å². The first kappa shape index (κ1) is 20.2. The minimum Gasteiger partial charge on any atom is -0.491 e. The van der Waals surface area contributed by atoms with E-state index in [9.17, 15) is 14.7 Å². The van der Waals surface area contributed by atoms with Gasteiger partial charge in [0.1, 0.15) is 18.5 Å². The van der Waals surface area contributed by atoms with Crippen molar-refractivity contribution in [1.82, 2.24) is 19.1 Å². The highest BCUT2D eigenvalue weighted by Gasteiger charge is 2.21. The molecule has 0 fully saturated rings. The molecule has 9 heteroatoms. The molecule has 3 aromatic rings. The van der Waals surface area contributed by atoms with E-state index >= 15 is 0 Å². The van der Waals surface area contributed by atoms with E-state index in [0.717, 1.165) is 5.56 Å². The van der Waals surface area contributed by atoms with E-state index in [1.807, 2.05) is 45.0 Å². The lowest BCUT2D eigenvalue weighted by molar-refractivity contribution is 0.0910. The van der Waals surface area contributed by atoms with Gasteiger partial charge in [-0.25, -0.2) is 9.78 Å². The summed E-state index contributed by atoms with van der Waals surface area (Å²) in [5, 5.41) is 11.3. The van der Waals surface area contributed by atoms with Gasteiger partial charge in [-0.3, -0.25) is 14.3 Å². The van der Waals surface area contributed by atoms with E-state index in [2.05, 4.69) is 9.97 Å². The molecule has 2 aromatic heterocycles. The second-order valence-electron chi connectivity index (χ2n) is 6.89. The topological polar surface area (TPSA) is 102 Å². The number of aromatic amines is 1. The number of aryl methyl sites for hydroxylation is 2. The van der Waals surface area contributed by atoms with Crippen molar-refractivity contribution in [2.75, 3.05) is 6.61 Å². The van der Waals surface area contributed by atoms with Crippen LogP contribution in [0.3, 0.4) is 0 Å². The third-order valence-electron chi connectivity index (χ3n) is 4.23. The molecule has 3 rings (SSSR count). The molecule has 28 heavy (non-hydrogen) atoms. The van der Waals surface area contributed by atoms with Crippen LogP contribution >= 0.6 is 11.8 Å². The number of ether oxygens (including phenoxy) is 1.